The van der Waals surface area contributed by atoms with Crippen molar-refractivity contribution in [2.24, 2.45) is 4.99 Å². The molecule has 2 N–H and O–H groups in total. The number of nitrogens with two attached hydrogens (primary N) is 1. The minimum atomic E-state index is 0.252. The lowest BCUT2D eigenvalue weighted by Gasteiger charge is -2.03. The van der Waals surface area contributed by atoms with Gasteiger partial charge >= 0.3 is 0 Å². The fourth-order valence-electron chi connectivity index (χ4n) is 1.40. The molecule has 4 nitrogen and oxygen atoms in total. The predicted octanol–water partition coefficient (Wildman–Crippen LogP) is 0.157. The molecule has 0 bridgehead atoms. The SMILES string of the molecule is [O-][NH2+]C1=NC(Cc2ccncc2)CS1. The van der Waals surface area contributed by atoms with Gasteiger partial charge in [-0.2, -0.15) is 0 Å². The van der Waals surface area contributed by atoms with Gasteiger partial charge in [0.2, 0.25) is 0 Å². The maximum atomic E-state index is 10.4. The first kappa shape index (κ1) is 9.64. The number of hydroxylamine groups is 1. The maximum absolute atomic E-state index is 10.4. The molecule has 1 atom stereocenters. The summed E-state index contributed by atoms with van der Waals surface area (Å²) in [6.07, 6.45) is 4.45. The molecule has 0 spiro atoms. The summed E-state index contributed by atoms with van der Waals surface area (Å²) in [5.41, 5.74) is 2.05. The van der Waals surface area contributed by atoms with Gasteiger partial charge in [-0.05, 0) is 35.9 Å². The number of nitrogens with zero attached hydrogens (tertiary/aromatic N) is 2. The smallest absolute Gasteiger partial charge is 0.256 e. The molecule has 0 saturated heterocycles. The summed E-state index contributed by atoms with van der Waals surface area (Å²) in [6.45, 7) is 0. The minimum absolute atomic E-state index is 0.252. The molecule has 1 aromatic heterocycles. The Hall–Kier alpha value is -0.910. The summed E-state index contributed by atoms with van der Waals surface area (Å²) < 4.78 is 0. The van der Waals surface area contributed by atoms with Gasteiger partial charge in [-0.15, -0.1) is 0 Å². The maximum Gasteiger partial charge on any atom is 0.256 e. The van der Waals surface area contributed by atoms with Crippen LogP contribution in [0.1, 0.15) is 5.56 Å². The van der Waals surface area contributed by atoms with E-state index in [0.717, 1.165) is 17.7 Å². The van der Waals surface area contributed by atoms with Gasteiger partial charge in [0.25, 0.3) is 5.17 Å². The molecular weight excluding hydrogens is 198 g/mol. The van der Waals surface area contributed by atoms with Gasteiger partial charge < -0.3 is 10.7 Å². The normalized spacial score (nSPS) is 20.9. The van der Waals surface area contributed by atoms with Crippen LogP contribution in [0.3, 0.4) is 0 Å². The summed E-state index contributed by atoms with van der Waals surface area (Å²) in [5.74, 6) is 0.913. The third-order valence-corrected chi connectivity index (χ3v) is 3.10. The zero-order chi connectivity index (χ0) is 9.80. The van der Waals surface area contributed by atoms with E-state index < -0.39 is 0 Å². The van der Waals surface area contributed by atoms with Crippen LogP contribution in [0.2, 0.25) is 0 Å². The highest BCUT2D eigenvalue weighted by atomic mass is 32.2. The average molecular weight is 209 g/mol. The Morgan fingerprint density at radius 1 is 1.50 bits per heavy atom. The number of hydrogen-bond acceptors (Lipinski definition) is 4. The van der Waals surface area contributed by atoms with Crippen LogP contribution in [-0.2, 0) is 6.42 Å². The van der Waals surface area contributed by atoms with Crippen molar-refractivity contribution >= 4 is 16.9 Å². The standard InChI is InChI=1S/C9H11N3OS/c13-12-9-11-8(6-14-9)5-7-1-3-10-4-2-7/h1-4,8H,5-6,12H2. The topological polar surface area (TPSA) is 64.9 Å². The van der Waals surface area contributed by atoms with Crippen molar-refractivity contribution in [1.29, 1.82) is 0 Å². The lowest BCUT2D eigenvalue weighted by molar-refractivity contribution is -0.456. The summed E-state index contributed by atoms with van der Waals surface area (Å²) >= 11 is 1.54. The molecule has 0 amide bonds. The van der Waals surface area contributed by atoms with Gasteiger partial charge in [0.05, 0.1) is 6.04 Å². The van der Waals surface area contributed by atoms with Gasteiger partial charge in [0, 0.05) is 18.1 Å². The fraction of sp³-hybridized carbons (Fsp3) is 0.333. The summed E-state index contributed by atoms with van der Waals surface area (Å²) in [6, 6.07) is 4.22. The highest BCUT2D eigenvalue weighted by Crippen LogP contribution is 2.17. The second-order valence-electron chi connectivity index (χ2n) is 3.11. The molecule has 1 unspecified atom stereocenters. The highest BCUT2D eigenvalue weighted by molar-refractivity contribution is 8.13. The molecule has 14 heavy (non-hydrogen) atoms. The van der Waals surface area contributed by atoms with Crippen molar-refractivity contribution in [3.8, 4) is 0 Å². The molecule has 1 aromatic rings. The van der Waals surface area contributed by atoms with Gasteiger partial charge in [-0.1, -0.05) is 0 Å². The number of hydrogen-bond donors (Lipinski definition) is 1. The van der Waals surface area contributed by atoms with E-state index >= 15 is 0 Å². The Kier molecular flexibility index (Phi) is 3.13. The molecule has 2 heterocycles. The van der Waals surface area contributed by atoms with E-state index in [-0.39, 0.29) is 6.04 Å². The zero-order valence-electron chi connectivity index (χ0n) is 7.59. The molecule has 2 rings (SSSR count). The summed E-state index contributed by atoms with van der Waals surface area (Å²) in [7, 11) is 0. The number of rotatable bonds is 2. The lowest BCUT2D eigenvalue weighted by atomic mass is 10.1. The van der Waals surface area contributed by atoms with Gasteiger partial charge in [-0.25, -0.2) is 4.99 Å². The average Bonchev–Trinajstić information content (AvgIpc) is 2.67. The molecule has 1 aliphatic rings. The van der Waals surface area contributed by atoms with E-state index in [0.29, 0.717) is 5.17 Å². The molecule has 5 heteroatoms. The molecular formula is C9H11N3OS. The monoisotopic (exact) mass is 209 g/mol. The number of aliphatic imine (C=N–C) groups is 1. The zero-order valence-corrected chi connectivity index (χ0v) is 8.41. The summed E-state index contributed by atoms with van der Waals surface area (Å²) in [4.78, 5) is 8.25. The first-order valence-corrected chi connectivity index (χ1v) is 5.42. The Morgan fingerprint density at radius 3 is 2.93 bits per heavy atom. The Bertz CT molecular complexity index is 328. The van der Waals surface area contributed by atoms with Crippen LogP contribution in [0, 0.1) is 5.21 Å². The second kappa shape index (κ2) is 4.54. The van der Waals surface area contributed by atoms with Crippen LogP contribution in [0.25, 0.3) is 0 Å². The third kappa shape index (κ3) is 2.31. The lowest BCUT2D eigenvalue weighted by Crippen LogP contribution is -2.80. The number of amidine groups is 1. The molecule has 0 radical (unpaired) electrons. The van der Waals surface area contributed by atoms with Crippen molar-refractivity contribution in [1.82, 2.24) is 4.98 Å². The molecule has 0 fully saturated rings. The van der Waals surface area contributed by atoms with E-state index in [1.165, 1.54) is 17.3 Å². The van der Waals surface area contributed by atoms with Crippen molar-refractivity contribution in [2.45, 2.75) is 12.5 Å². The quantitative estimate of drug-likeness (QED) is 0.705. The predicted molar refractivity (Wildman–Crippen MR) is 56.9 cm³/mol. The Balaban J connectivity index is 1.97. The number of pyridine rings is 1. The Morgan fingerprint density at radius 2 is 2.29 bits per heavy atom. The van der Waals surface area contributed by atoms with E-state index in [1.54, 1.807) is 12.4 Å². The van der Waals surface area contributed by atoms with Crippen LogP contribution < -0.4 is 5.48 Å². The number of thioether (sulfide) groups is 1. The van der Waals surface area contributed by atoms with Gasteiger partial charge in [-0.3, -0.25) is 4.98 Å². The third-order valence-electron chi connectivity index (χ3n) is 2.05. The van der Waals surface area contributed by atoms with Crippen LogP contribution in [0.15, 0.2) is 29.5 Å². The number of quaternary nitrogens is 1. The molecule has 0 saturated carbocycles. The van der Waals surface area contributed by atoms with E-state index in [1.807, 2.05) is 12.1 Å². The Labute approximate surface area is 86.4 Å². The largest absolute Gasteiger partial charge is 0.629 e. The fourth-order valence-corrected chi connectivity index (χ4v) is 2.24. The van der Waals surface area contributed by atoms with Gasteiger partial charge in [0.1, 0.15) is 0 Å². The van der Waals surface area contributed by atoms with Crippen LogP contribution in [0.4, 0.5) is 0 Å². The van der Waals surface area contributed by atoms with Gasteiger partial charge in [0.15, 0.2) is 0 Å². The van der Waals surface area contributed by atoms with Crippen LogP contribution in [-0.4, -0.2) is 21.9 Å². The second-order valence-corrected chi connectivity index (χ2v) is 4.15. The minimum Gasteiger partial charge on any atom is -0.629 e. The highest BCUT2D eigenvalue weighted by Gasteiger charge is 2.19. The van der Waals surface area contributed by atoms with Crippen molar-refractivity contribution in [3.05, 3.63) is 35.3 Å². The molecule has 0 aromatic carbocycles. The summed E-state index contributed by atoms with van der Waals surface area (Å²) in [5, 5.41) is 11.1. The number of aromatic nitrogens is 1. The molecule has 1 aliphatic heterocycles. The van der Waals surface area contributed by atoms with Crippen molar-refractivity contribution in [2.75, 3.05) is 5.75 Å². The van der Waals surface area contributed by atoms with Crippen LogP contribution >= 0.6 is 11.8 Å². The molecule has 0 aliphatic carbocycles. The van der Waals surface area contributed by atoms with Crippen molar-refractivity contribution in [3.63, 3.8) is 0 Å². The first-order chi connectivity index (χ1) is 6.88. The van der Waals surface area contributed by atoms with E-state index in [9.17, 15) is 5.21 Å². The molecule has 74 valence electrons. The van der Waals surface area contributed by atoms with Crippen LogP contribution in [0.5, 0.6) is 0 Å². The first-order valence-electron chi connectivity index (χ1n) is 4.43. The van der Waals surface area contributed by atoms with Crippen molar-refractivity contribution < 1.29 is 5.48 Å². The van der Waals surface area contributed by atoms with E-state index in [2.05, 4.69) is 9.98 Å². The van der Waals surface area contributed by atoms with E-state index in [4.69, 9.17) is 0 Å².